The SMILES string of the molecule is COC1O[C@@H](c2ccc(C3CC3)c(Cc3ccc4c(c3)OCCO4)c2)[C@H](OC(C)=O)[C@@H](OC(C)=O)[C@@H]1OC(C)=O. The number of hydrogen-bond acceptors (Lipinski definition) is 10. The molecule has 10 nitrogen and oxygen atoms in total. The van der Waals surface area contributed by atoms with Gasteiger partial charge >= 0.3 is 17.9 Å². The van der Waals surface area contributed by atoms with E-state index < -0.39 is 48.6 Å². The van der Waals surface area contributed by atoms with Gasteiger partial charge in [0.15, 0.2) is 36.1 Å². The summed E-state index contributed by atoms with van der Waals surface area (Å²) >= 11 is 0. The molecule has 0 N–H and O–H groups in total. The predicted molar refractivity (Wildman–Crippen MR) is 140 cm³/mol. The summed E-state index contributed by atoms with van der Waals surface area (Å²) in [5.41, 5.74) is 4.12. The lowest BCUT2D eigenvalue weighted by atomic mass is 9.89. The first kappa shape index (κ1) is 27.9. The molecule has 2 heterocycles. The molecule has 10 heteroatoms. The first-order valence-corrected chi connectivity index (χ1v) is 13.4. The Hall–Kier alpha value is -3.63. The Morgan fingerprint density at radius 1 is 0.800 bits per heavy atom. The summed E-state index contributed by atoms with van der Waals surface area (Å²) in [5, 5.41) is 0. The molecule has 1 unspecified atom stereocenters. The van der Waals surface area contributed by atoms with Crippen molar-refractivity contribution >= 4 is 17.9 Å². The minimum absolute atomic E-state index is 0.478. The van der Waals surface area contributed by atoms with Crippen LogP contribution in [-0.4, -0.2) is 62.8 Å². The third-order valence-corrected chi connectivity index (χ3v) is 7.15. The summed E-state index contributed by atoms with van der Waals surface area (Å²) in [6.07, 6.45) is -2.45. The lowest BCUT2D eigenvalue weighted by Gasteiger charge is -2.44. The van der Waals surface area contributed by atoms with Gasteiger partial charge in [-0.05, 0) is 59.6 Å². The molecule has 5 rings (SSSR count). The zero-order chi connectivity index (χ0) is 28.4. The maximum absolute atomic E-state index is 12.2. The van der Waals surface area contributed by atoms with Crippen LogP contribution in [0.1, 0.15) is 67.9 Å². The molecular formula is C30H34O10. The second-order valence-corrected chi connectivity index (χ2v) is 10.3. The number of hydrogen-bond donors (Lipinski definition) is 0. The van der Waals surface area contributed by atoms with Crippen molar-refractivity contribution < 1.29 is 47.5 Å². The van der Waals surface area contributed by atoms with E-state index in [0.717, 1.165) is 35.5 Å². The first-order valence-electron chi connectivity index (χ1n) is 13.4. The summed E-state index contributed by atoms with van der Waals surface area (Å²) in [7, 11) is 1.40. The van der Waals surface area contributed by atoms with Crippen molar-refractivity contribution in [3.63, 3.8) is 0 Å². The topological polar surface area (TPSA) is 116 Å². The molecule has 2 aromatic carbocycles. The Morgan fingerprint density at radius 2 is 1.45 bits per heavy atom. The number of fused-ring (bicyclic) bond motifs is 1. The first-order chi connectivity index (χ1) is 19.2. The van der Waals surface area contributed by atoms with E-state index in [2.05, 4.69) is 6.07 Å². The fraction of sp³-hybridized carbons (Fsp3) is 0.500. The highest BCUT2D eigenvalue weighted by molar-refractivity contribution is 5.68. The predicted octanol–water partition coefficient (Wildman–Crippen LogP) is 3.76. The van der Waals surface area contributed by atoms with Crippen LogP contribution in [0.4, 0.5) is 0 Å². The molecule has 0 bridgehead atoms. The van der Waals surface area contributed by atoms with Crippen LogP contribution in [0.25, 0.3) is 0 Å². The molecule has 214 valence electrons. The van der Waals surface area contributed by atoms with Crippen LogP contribution in [0.15, 0.2) is 36.4 Å². The summed E-state index contributed by atoms with van der Waals surface area (Å²) in [6, 6.07) is 12.0. The molecule has 1 aliphatic carbocycles. The van der Waals surface area contributed by atoms with Crippen LogP contribution in [0.5, 0.6) is 11.5 Å². The van der Waals surface area contributed by atoms with Crippen molar-refractivity contribution in [3.05, 3.63) is 58.7 Å². The monoisotopic (exact) mass is 554 g/mol. The van der Waals surface area contributed by atoms with Crippen molar-refractivity contribution in [3.8, 4) is 11.5 Å². The molecule has 0 amide bonds. The van der Waals surface area contributed by atoms with Crippen LogP contribution in [0.3, 0.4) is 0 Å². The highest BCUT2D eigenvalue weighted by Crippen LogP contribution is 2.45. The van der Waals surface area contributed by atoms with Gasteiger partial charge in [-0.15, -0.1) is 0 Å². The number of rotatable bonds is 8. The molecule has 1 saturated carbocycles. The molecule has 2 aliphatic heterocycles. The summed E-state index contributed by atoms with van der Waals surface area (Å²) < 4.78 is 39.9. The smallest absolute Gasteiger partial charge is 0.303 e. The van der Waals surface area contributed by atoms with Crippen LogP contribution in [0.2, 0.25) is 0 Å². The molecule has 2 fully saturated rings. The second kappa shape index (κ2) is 11.9. The Kier molecular flexibility index (Phi) is 8.27. The van der Waals surface area contributed by atoms with E-state index in [1.165, 1.54) is 33.4 Å². The number of ether oxygens (including phenoxy) is 7. The highest BCUT2D eigenvalue weighted by Gasteiger charge is 2.52. The van der Waals surface area contributed by atoms with Gasteiger partial charge in [0.05, 0.1) is 0 Å². The average molecular weight is 555 g/mol. The molecule has 5 atom stereocenters. The zero-order valence-electron chi connectivity index (χ0n) is 23.0. The van der Waals surface area contributed by atoms with Gasteiger partial charge in [0, 0.05) is 27.9 Å². The molecule has 0 aromatic heterocycles. The van der Waals surface area contributed by atoms with Gasteiger partial charge in [-0.2, -0.15) is 0 Å². The largest absolute Gasteiger partial charge is 0.486 e. The number of benzene rings is 2. The van der Waals surface area contributed by atoms with E-state index in [9.17, 15) is 14.4 Å². The number of esters is 3. The summed E-state index contributed by atoms with van der Waals surface area (Å²) in [5.74, 6) is 0.0880. The van der Waals surface area contributed by atoms with Gasteiger partial charge in [-0.25, -0.2) is 0 Å². The van der Waals surface area contributed by atoms with Crippen LogP contribution < -0.4 is 9.47 Å². The molecule has 40 heavy (non-hydrogen) atoms. The maximum Gasteiger partial charge on any atom is 0.303 e. The molecule has 2 aromatic rings. The standard InChI is InChI=1S/C30H34O10/c1-16(31)37-27-26(40-30(34-4)29(39-18(3)33)28(27)38-17(2)32)21-8-9-23(20-6-7-20)22(15-21)13-19-5-10-24-25(14-19)36-12-11-35-24/h5,8-10,14-15,20,26-30H,6-7,11-13H2,1-4H3/t26-,27-,28+,29-,30?/m0/s1. The Bertz CT molecular complexity index is 1270. The zero-order valence-corrected chi connectivity index (χ0v) is 23.0. The van der Waals surface area contributed by atoms with E-state index >= 15 is 0 Å². The van der Waals surface area contributed by atoms with Gasteiger partial charge < -0.3 is 33.2 Å². The van der Waals surface area contributed by atoms with E-state index in [1.807, 2.05) is 30.3 Å². The van der Waals surface area contributed by atoms with Crippen molar-refractivity contribution in [2.75, 3.05) is 20.3 Å². The van der Waals surface area contributed by atoms with Gasteiger partial charge in [0.2, 0.25) is 0 Å². The van der Waals surface area contributed by atoms with Gasteiger partial charge in [-0.1, -0.05) is 24.3 Å². The minimum atomic E-state index is -1.15. The Balaban J connectivity index is 1.52. The van der Waals surface area contributed by atoms with Crippen molar-refractivity contribution in [1.82, 2.24) is 0 Å². The molecule has 0 radical (unpaired) electrons. The van der Waals surface area contributed by atoms with Gasteiger partial charge in [0.1, 0.15) is 19.3 Å². The van der Waals surface area contributed by atoms with E-state index in [-0.39, 0.29) is 0 Å². The van der Waals surface area contributed by atoms with Gasteiger partial charge in [-0.3, -0.25) is 14.4 Å². The minimum Gasteiger partial charge on any atom is -0.486 e. The third kappa shape index (κ3) is 6.23. The van der Waals surface area contributed by atoms with Crippen LogP contribution in [0, 0.1) is 0 Å². The van der Waals surface area contributed by atoms with E-state index in [1.54, 1.807) is 0 Å². The summed E-state index contributed by atoms with van der Waals surface area (Å²) in [6.45, 7) is 4.76. The molecule has 3 aliphatic rings. The highest BCUT2D eigenvalue weighted by atomic mass is 16.7. The van der Waals surface area contributed by atoms with Gasteiger partial charge in [0.25, 0.3) is 0 Å². The van der Waals surface area contributed by atoms with E-state index in [4.69, 9.17) is 33.2 Å². The quantitative estimate of drug-likeness (QED) is 0.353. The molecular weight excluding hydrogens is 520 g/mol. The number of carbonyl (C=O) groups excluding carboxylic acids is 3. The Morgan fingerprint density at radius 3 is 2.10 bits per heavy atom. The second-order valence-electron chi connectivity index (χ2n) is 10.3. The van der Waals surface area contributed by atoms with Crippen molar-refractivity contribution in [2.45, 2.75) is 76.7 Å². The molecule has 0 spiro atoms. The lowest BCUT2D eigenvalue weighted by Crippen LogP contribution is -2.58. The third-order valence-electron chi connectivity index (χ3n) is 7.15. The number of carbonyl (C=O) groups is 3. The van der Waals surface area contributed by atoms with E-state index in [0.29, 0.717) is 31.1 Å². The lowest BCUT2D eigenvalue weighted by molar-refractivity contribution is -0.300. The van der Waals surface area contributed by atoms with Crippen molar-refractivity contribution in [1.29, 1.82) is 0 Å². The van der Waals surface area contributed by atoms with Crippen LogP contribution in [-0.2, 0) is 44.5 Å². The maximum atomic E-state index is 12.2. The molecule has 1 saturated heterocycles. The van der Waals surface area contributed by atoms with Crippen molar-refractivity contribution in [2.24, 2.45) is 0 Å². The fourth-order valence-electron chi connectivity index (χ4n) is 5.40. The van der Waals surface area contributed by atoms with Crippen LogP contribution >= 0.6 is 0 Å². The normalized spacial score (nSPS) is 25.6. The average Bonchev–Trinajstić information content (AvgIpc) is 3.75. The Labute approximate surface area is 232 Å². The summed E-state index contributed by atoms with van der Waals surface area (Å²) in [4.78, 5) is 36.2. The fourth-order valence-corrected chi connectivity index (χ4v) is 5.40. The number of methoxy groups -OCH3 is 1.